The number of phenols is 1. The number of nitrogens with zero attached hydrogens (tertiary/aromatic N) is 2. The number of ether oxygens (including phenoxy) is 1. The molecule has 4 aromatic rings. The van der Waals surface area contributed by atoms with Crippen molar-refractivity contribution in [2.45, 2.75) is 24.2 Å². The van der Waals surface area contributed by atoms with Gasteiger partial charge in [0.15, 0.2) is 0 Å². The van der Waals surface area contributed by atoms with E-state index < -0.39 is 52.6 Å². The van der Waals surface area contributed by atoms with Crippen LogP contribution >= 0.6 is 34.2 Å². The number of benzene rings is 4. The van der Waals surface area contributed by atoms with Gasteiger partial charge in [-0.1, -0.05) is 41.4 Å². The first-order valence-electron chi connectivity index (χ1n) is 16.4. The van der Waals surface area contributed by atoms with Crippen LogP contribution in [0.5, 0.6) is 11.5 Å². The van der Waals surface area contributed by atoms with Crippen LogP contribution in [-0.4, -0.2) is 40.9 Å². The van der Waals surface area contributed by atoms with Crippen LogP contribution in [0.2, 0.25) is 5.02 Å². The van der Waals surface area contributed by atoms with E-state index in [0.29, 0.717) is 27.5 Å². The lowest BCUT2D eigenvalue weighted by molar-refractivity contribution is -0.138. The van der Waals surface area contributed by atoms with Crippen molar-refractivity contribution < 1.29 is 33.4 Å². The Bertz CT molecular complexity index is 2140. The zero-order chi connectivity index (χ0) is 35.8. The Morgan fingerprint density at radius 1 is 0.902 bits per heavy atom. The molecule has 6 atom stereocenters. The van der Waals surface area contributed by atoms with Crippen molar-refractivity contribution >= 4 is 69.2 Å². The predicted octanol–water partition coefficient (Wildman–Crippen LogP) is 6.99. The molecule has 258 valence electrons. The number of halogens is 3. The van der Waals surface area contributed by atoms with Gasteiger partial charge in [0.2, 0.25) is 11.8 Å². The van der Waals surface area contributed by atoms with Gasteiger partial charge in [0.05, 0.1) is 41.7 Å². The molecular formula is C39H30ClFIN3O6. The fourth-order valence-electron chi connectivity index (χ4n) is 8.78. The van der Waals surface area contributed by atoms with E-state index >= 15 is 4.79 Å². The number of hydrazine groups is 1. The summed E-state index contributed by atoms with van der Waals surface area (Å²) in [7, 11) is 1.46. The Morgan fingerprint density at radius 3 is 2.29 bits per heavy atom. The molecular weight excluding hydrogens is 788 g/mol. The normalized spacial score (nSPS) is 26.8. The summed E-state index contributed by atoms with van der Waals surface area (Å²) in [5, 5.41) is 11.9. The van der Waals surface area contributed by atoms with E-state index in [1.165, 1.54) is 48.4 Å². The Hall–Kier alpha value is -4.75. The molecule has 12 heteroatoms. The number of carbonyl (C=O) groups excluding carboxylic acids is 4. The Morgan fingerprint density at radius 2 is 1.61 bits per heavy atom. The number of aromatic hydroxyl groups is 1. The van der Waals surface area contributed by atoms with Crippen LogP contribution in [0.15, 0.2) is 103 Å². The third kappa shape index (κ3) is 5.07. The van der Waals surface area contributed by atoms with Gasteiger partial charge in [-0.25, -0.2) is 4.39 Å². The molecule has 0 bridgehead atoms. The van der Waals surface area contributed by atoms with Gasteiger partial charge in [-0.3, -0.25) is 29.5 Å². The molecule has 8 rings (SSSR count). The second kappa shape index (κ2) is 12.5. The van der Waals surface area contributed by atoms with Gasteiger partial charge in [-0.15, -0.1) is 0 Å². The maximum absolute atomic E-state index is 15.3. The van der Waals surface area contributed by atoms with Gasteiger partial charge in [0, 0.05) is 26.1 Å². The Kier molecular flexibility index (Phi) is 8.17. The molecule has 1 saturated carbocycles. The maximum Gasteiger partial charge on any atom is 0.260 e. The van der Waals surface area contributed by atoms with Crippen molar-refractivity contribution in [2.24, 2.45) is 23.7 Å². The van der Waals surface area contributed by atoms with E-state index in [2.05, 4.69) is 28.0 Å². The number of hydrogen-bond donors (Lipinski definition) is 2. The van der Waals surface area contributed by atoms with Gasteiger partial charge in [0.1, 0.15) is 17.3 Å². The molecule has 9 nitrogen and oxygen atoms in total. The molecule has 2 aliphatic heterocycles. The molecule has 3 fully saturated rings. The lowest BCUT2D eigenvalue weighted by Crippen LogP contribution is -2.53. The number of carbonyl (C=O) groups is 4. The Balaban J connectivity index is 1.34. The molecule has 0 aromatic heterocycles. The molecule has 2 saturated heterocycles. The van der Waals surface area contributed by atoms with Gasteiger partial charge < -0.3 is 9.84 Å². The average Bonchev–Trinajstić information content (AvgIpc) is 3.50. The van der Waals surface area contributed by atoms with Crippen molar-refractivity contribution in [1.82, 2.24) is 5.01 Å². The fourth-order valence-corrected chi connectivity index (χ4v) is 9.27. The second-order valence-corrected chi connectivity index (χ2v) is 15.0. The molecule has 0 spiro atoms. The van der Waals surface area contributed by atoms with Crippen LogP contribution in [-0.2, 0) is 24.6 Å². The minimum absolute atomic E-state index is 0.0594. The van der Waals surface area contributed by atoms with Crippen molar-refractivity contribution in [2.75, 3.05) is 17.4 Å². The summed E-state index contributed by atoms with van der Waals surface area (Å²) < 4.78 is 20.6. The monoisotopic (exact) mass is 817 g/mol. The standard InChI is InChI=1S/C39H30ClFIN3O6/c1-51-32-18-26(46)14-15-28(32)34-27-16-17-29-33(37(49)44(35(29)47)25-12-8-23(42)9-13-25)30(27)19-31-36(48)45(43-24-10-6-22(41)7-11-24)38(50)39(31,34)20-2-4-21(40)5-3-20/h2-16,18,29-31,33-34,43,46H,17,19H2,1H3. The van der Waals surface area contributed by atoms with Crippen LogP contribution in [0.25, 0.3) is 0 Å². The second-order valence-electron chi connectivity index (χ2n) is 13.3. The highest BCUT2D eigenvalue weighted by molar-refractivity contribution is 14.1. The van der Waals surface area contributed by atoms with Crippen molar-refractivity contribution in [3.8, 4) is 11.5 Å². The minimum Gasteiger partial charge on any atom is -0.508 e. The number of methoxy groups -OCH3 is 1. The van der Waals surface area contributed by atoms with Gasteiger partial charge in [-0.2, -0.15) is 5.01 Å². The number of hydrogen-bond acceptors (Lipinski definition) is 7. The molecule has 6 unspecified atom stereocenters. The third-order valence-electron chi connectivity index (χ3n) is 10.9. The highest BCUT2D eigenvalue weighted by Gasteiger charge is 2.70. The predicted molar refractivity (Wildman–Crippen MR) is 195 cm³/mol. The van der Waals surface area contributed by atoms with E-state index in [9.17, 15) is 23.9 Å². The summed E-state index contributed by atoms with van der Waals surface area (Å²) in [6.45, 7) is 0. The first-order valence-corrected chi connectivity index (χ1v) is 17.9. The number of rotatable bonds is 6. The molecule has 4 amide bonds. The van der Waals surface area contributed by atoms with Crippen LogP contribution < -0.4 is 15.1 Å². The topological polar surface area (TPSA) is 116 Å². The number of anilines is 2. The molecule has 0 radical (unpaired) electrons. The molecule has 2 N–H and O–H groups in total. The fraction of sp³-hybridized carbons (Fsp3) is 0.231. The number of fused-ring (bicyclic) bond motifs is 4. The average molecular weight is 818 g/mol. The van der Waals surface area contributed by atoms with E-state index in [-0.39, 0.29) is 36.2 Å². The zero-order valence-electron chi connectivity index (χ0n) is 27.1. The van der Waals surface area contributed by atoms with Crippen LogP contribution in [0, 0.1) is 33.1 Å². The van der Waals surface area contributed by atoms with E-state index in [0.717, 1.165) is 14.2 Å². The first kappa shape index (κ1) is 33.4. The largest absolute Gasteiger partial charge is 0.508 e. The number of allylic oxidation sites excluding steroid dienone is 2. The highest BCUT2D eigenvalue weighted by Crippen LogP contribution is 2.65. The van der Waals surface area contributed by atoms with Gasteiger partial charge in [0.25, 0.3) is 11.8 Å². The molecule has 2 heterocycles. The number of phenolic OH excluding ortho intramolecular Hbond substituents is 1. The van der Waals surface area contributed by atoms with Crippen LogP contribution in [0.3, 0.4) is 0 Å². The Labute approximate surface area is 311 Å². The summed E-state index contributed by atoms with van der Waals surface area (Å²) in [6.07, 6.45) is 2.30. The number of imide groups is 2. The molecule has 51 heavy (non-hydrogen) atoms. The summed E-state index contributed by atoms with van der Waals surface area (Å²) in [6, 6.07) is 23.9. The highest BCUT2D eigenvalue weighted by atomic mass is 127. The smallest absolute Gasteiger partial charge is 0.260 e. The third-order valence-corrected chi connectivity index (χ3v) is 11.8. The van der Waals surface area contributed by atoms with Crippen molar-refractivity contribution in [3.63, 3.8) is 0 Å². The van der Waals surface area contributed by atoms with Crippen molar-refractivity contribution in [3.05, 3.63) is 128 Å². The molecule has 4 aliphatic rings. The maximum atomic E-state index is 15.3. The summed E-state index contributed by atoms with van der Waals surface area (Å²) in [5.41, 5.74) is 3.95. The van der Waals surface area contributed by atoms with Crippen LogP contribution in [0.4, 0.5) is 15.8 Å². The van der Waals surface area contributed by atoms with E-state index in [1.54, 1.807) is 42.5 Å². The lowest BCUT2D eigenvalue weighted by Gasteiger charge is -2.50. The summed E-state index contributed by atoms with van der Waals surface area (Å²) in [4.78, 5) is 59.7. The quantitative estimate of drug-likeness (QED) is 0.123. The van der Waals surface area contributed by atoms with Gasteiger partial charge in [-0.05, 0) is 114 Å². The zero-order valence-corrected chi connectivity index (χ0v) is 30.0. The van der Waals surface area contributed by atoms with Crippen molar-refractivity contribution in [1.29, 1.82) is 0 Å². The summed E-state index contributed by atoms with van der Waals surface area (Å²) >= 11 is 8.52. The number of amides is 4. The molecule has 4 aromatic carbocycles. The first-order chi connectivity index (χ1) is 24.5. The molecule has 2 aliphatic carbocycles. The van der Waals surface area contributed by atoms with E-state index in [1.807, 2.05) is 18.2 Å². The minimum atomic E-state index is -1.57. The van der Waals surface area contributed by atoms with Gasteiger partial charge >= 0.3 is 0 Å². The number of nitrogens with one attached hydrogen (secondary N) is 1. The van der Waals surface area contributed by atoms with E-state index in [4.69, 9.17) is 16.3 Å². The summed E-state index contributed by atoms with van der Waals surface area (Å²) in [5.74, 6) is -5.91. The SMILES string of the molecule is COc1cc(O)ccc1C1C2=CCC3C(=O)N(c4ccc(I)cc4)C(=O)C3C2CC2C(=O)N(Nc3ccc(F)cc3)C(=O)C21c1ccc(Cl)cc1. The lowest BCUT2D eigenvalue weighted by atomic mass is 9.49. The van der Waals surface area contributed by atoms with Crippen LogP contribution in [0.1, 0.15) is 29.9 Å².